The van der Waals surface area contributed by atoms with Gasteiger partial charge in [0.2, 0.25) is 0 Å². The van der Waals surface area contributed by atoms with Crippen molar-refractivity contribution >= 4 is 27.4 Å². The molecule has 19 heavy (non-hydrogen) atoms. The fourth-order valence-corrected chi connectivity index (χ4v) is 3.79. The van der Waals surface area contributed by atoms with Gasteiger partial charge in [0.05, 0.1) is 21.2 Å². The monoisotopic (exact) mass is 304 g/mol. The van der Waals surface area contributed by atoms with Crippen LogP contribution in [0.4, 0.5) is 0 Å². The van der Waals surface area contributed by atoms with E-state index in [2.05, 4.69) is 0 Å². The Balaban J connectivity index is 3.08. The molecule has 1 aromatic rings. The zero-order valence-corrected chi connectivity index (χ0v) is 12.5. The summed E-state index contributed by atoms with van der Waals surface area (Å²) in [5.74, 6) is -1.18. The second kappa shape index (κ2) is 6.39. The van der Waals surface area contributed by atoms with Crippen LogP contribution in [0.5, 0.6) is 0 Å². The number of hydrogen-bond acceptors (Lipinski definition) is 3. The summed E-state index contributed by atoms with van der Waals surface area (Å²) in [6.45, 7) is 3.86. The predicted molar refractivity (Wildman–Crippen MR) is 74.5 cm³/mol. The highest BCUT2D eigenvalue weighted by Crippen LogP contribution is 2.23. The van der Waals surface area contributed by atoms with Crippen LogP contribution in [0.2, 0.25) is 5.02 Å². The fraction of sp³-hybridized carbons (Fsp3) is 0.462. The van der Waals surface area contributed by atoms with Crippen LogP contribution in [0.15, 0.2) is 23.1 Å². The zero-order chi connectivity index (χ0) is 14.6. The lowest BCUT2D eigenvalue weighted by Crippen LogP contribution is -2.14. The number of halogens is 1. The van der Waals surface area contributed by atoms with Gasteiger partial charge in [-0.1, -0.05) is 31.9 Å². The minimum atomic E-state index is -3.48. The fourth-order valence-electron chi connectivity index (χ4n) is 1.91. The van der Waals surface area contributed by atoms with Gasteiger partial charge in [0.25, 0.3) is 0 Å². The third-order valence-electron chi connectivity index (χ3n) is 2.81. The van der Waals surface area contributed by atoms with Crippen molar-refractivity contribution in [1.29, 1.82) is 0 Å². The molecule has 0 aromatic heterocycles. The van der Waals surface area contributed by atoms with Crippen LogP contribution in [-0.2, 0) is 9.84 Å². The quantitative estimate of drug-likeness (QED) is 0.875. The van der Waals surface area contributed by atoms with Crippen molar-refractivity contribution in [2.45, 2.75) is 31.6 Å². The molecule has 1 N–H and O–H groups in total. The molecule has 106 valence electrons. The Hall–Kier alpha value is -1.07. The Bertz CT molecular complexity index is 566. The third-order valence-corrected chi connectivity index (χ3v) is 5.12. The summed E-state index contributed by atoms with van der Waals surface area (Å²) in [6.07, 6.45) is 1.73. The minimum Gasteiger partial charge on any atom is -0.478 e. The summed E-state index contributed by atoms with van der Waals surface area (Å²) >= 11 is 5.72. The molecule has 0 saturated heterocycles. The second-order valence-electron chi connectivity index (χ2n) is 4.62. The summed E-state index contributed by atoms with van der Waals surface area (Å²) in [5, 5.41) is 8.98. The Morgan fingerprint density at radius 2 is 2.05 bits per heavy atom. The highest BCUT2D eigenvalue weighted by molar-refractivity contribution is 7.91. The first-order chi connectivity index (χ1) is 8.77. The van der Waals surface area contributed by atoms with Crippen LogP contribution in [0, 0.1) is 5.92 Å². The van der Waals surface area contributed by atoms with Crippen molar-refractivity contribution in [3.63, 3.8) is 0 Å². The van der Waals surface area contributed by atoms with Crippen LogP contribution < -0.4 is 0 Å². The van der Waals surface area contributed by atoms with Gasteiger partial charge in [-0.05, 0) is 30.5 Å². The lowest BCUT2D eigenvalue weighted by molar-refractivity contribution is 0.0697. The van der Waals surface area contributed by atoms with E-state index in [9.17, 15) is 13.2 Å². The maximum atomic E-state index is 12.2. The summed E-state index contributed by atoms with van der Waals surface area (Å²) in [4.78, 5) is 11.0. The Kier molecular flexibility index (Phi) is 5.38. The highest BCUT2D eigenvalue weighted by atomic mass is 35.5. The summed E-state index contributed by atoms with van der Waals surface area (Å²) in [7, 11) is -3.48. The van der Waals surface area contributed by atoms with Crippen molar-refractivity contribution in [2.24, 2.45) is 5.92 Å². The summed E-state index contributed by atoms with van der Waals surface area (Å²) < 4.78 is 24.3. The van der Waals surface area contributed by atoms with Crippen LogP contribution in [0.25, 0.3) is 0 Å². The van der Waals surface area contributed by atoms with Gasteiger partial charge in [-0.15, -0.1) is 0 Å². The molecule has 0 saturated carbocycles. The molecular formula is C13H17ClO4S. The molecule has 0 amide bonds. The molecule has 0 heterocycles. The minimum absolute atomic E-state index is 0.0113. The molecule has 1 rings (SSSR count). The van der Waals surface area contributed by atoms with E-state index in [4.69, 9.17) is 16.7 Å². The van der Waals surface area contributed by atoms with Crippen molar-refractivity contribution in [2.75, 3.05) is 5.75 Å². The van der Waals surface area contributed by atoms with Gasteiger partial charge in [-0.2, -0.15) is 0 Å². The second-order valence-corrected chi connectivity index (χ2v) is 7.06. The normalized spacial score (nSPS) is 13.2. The van der Waals surface area contributed by atoms with Crippen LogP contribution >= 0.6 is 11.6 Å². The van der Waals surface area contributed by atoms with Crippen molar-refractivity contribution in [1.82, 2.24) is 0 Å². The molecular weight excluding hydrogens is 288 g/mol. The Labute approximate surface area is 118 Å². The molecule has 0 aliphatic heterocycles. The number of rotatable bonds is 6. The summed E-state index contributed by atoms with van der Waals surface area (Å²) in [6, 6.07) is 3.78. The molecule has 0 aliphatic carbocycles. The van der Waals surface area contributed by atoms with E-state index in [1.165, 1.54) is 12.1 Å². The van der Waals surface area contributed by atoms with E-state index < -0.39 is 15.8 Å². The number of carboxylic acid groups (broad SMARTS) is 1. The van der Waals surface area contributed by atoms with E-state index in [1.807, 2.05) is 13.8 Å². The van der Waals surface area contributed by atoms with Crippen molar-refractivity contribution < 1.29 is 18.3 Å². The van der Waals surface area contributed by atoms with E-state index in [1.54, 1.807) is 0 Å². The number of benzene rings is 1. The van der Waals surface area contributed by atoms with E-state index in [0.717, 1.165) is 18.9 Å². The Morgan fingerprint density at radius 3 is 2.58 bits per heavy atom. The first-order valence-corrected chi connectivity index (χ1v) is 8.06. The molecule has 1 unspecified atom stereocenters. The van der Waals surface area contributed by atoms with Crippen LogP contribution in [-0.4, -0.2) is 25.2 Å². The van der Waals surface area contributed by atoms with E-state index in [0.29, 0.717) is 0 Å². The zero-order valence-electron chi connectivity index (χ0n) is 10.9. The van der Waals surface area contributed by atoms with Gasteiger partial charge >= 0.3 is 5.97 Å². The predicted octanol–water partition coefficient (Wildman–Crippen LogP) is 3.25. The van der Waals surface area contributed by atoms with Gasteiger partial charge in [-0.3, -0.25) is 0 Å². The van der Waals surface area contributed by atoms with Crippen LogP contribution in [0.1, 0.15) is 37.0 Å². The number of carbonyl (C=O) groups is 1. The summed E-state index contributed by atoms with van der Waals surface area (Å²) in [5.41, 5.74) is -0.189. The lowest BCUT2D eigenvalue weighted by atomic mass is 10.1. The standard InChI is InChI=1S/C13H17ClO4S/c1-3-4-9(2)8-19(17,18)10-5-6-12(14)11(7-10)13(15)16/h5-7,9H,3-4,8H2,1-2H3,(H,15,16). The molecule has 1 atom stereocenters. The van der Waals surface area contributed by atoms with Gasteiger partial charge in [0.15, 0.2) is 9.84 Å². The lowest BCUT2D eigenvalue weighted by Gasteiger charge is -2.11. The topological polar surface area (TPSA) is 71.4 Å². The molecule has 0 bridgehead atoms. The van der Waals surface area contributed by atoms with E-state index >= 15 is 0 Å². The highest BCUT2D eigenvalue weighted by Gasteiger charge is 2.20. The maximum absolute atomic E-state index is 12.2. The van der Waals surface area contributed by atoms with Gasteiger partial charge < -0.3 is 5.11 Å². The Morgan fingerprint density at radius 1 is 1.42 bits per heavy atom. The molecule has 0 aliphatic rings. The molecule has 6 heteroatoms. The molecule has 4 nitrogen and oxygen atoms in total. The number of sulfone groups is 1. The van der Waals surface area contributed by atoms with Gasteiger partial charge in [0, 0.05) is 0 Å². The first kappa shape index (κ1) is 16.0. The maximum Gasteiger partial charge on any atom is 0.337 e. The SMILES string of the molecule is CCCC(C)CS(=O)(=O)c1ccc(Cl)c(C(=O)O)c1. The number of carboxylic acids is 1. The number of aromatic carboxylic acids is 1. The molecule has 0 radical (unpaired) electrons. The van der Waals surface area contributed by atoms with E-state index in [-0.39, 0.29) is 27.2 Å². The molecule has 0 spiro atoms. The largest absolute Gasteiger partial charge is 0.478 e. The first-order valence-electron chi connectivity index (χ1n) is 6.03. The smallest absolute Gasteiger partial charge is 0.337 e. The average Bonchev–Trinajstić information content (AvgIpc) is 2.28. The van der Waals surface area contributed by atoms with Gasteiger partial charge in [0.1, 0.15) is 0 Å². The van der Waals surface area contributed by atoms with Gasteiger partial charge in [-0.25, -0.2) is 13.2 Å². The molecule has 1 aromatic carbocycles. The van der Waals surface area contributed by atoms with Crippen molar-refractivity contribution in [3.05, 3.63) is 28.8 Å². The molecule has 0 fully saturated rings. The van der Waals surface area contributed by atoms with Crippen LogP contribution in [0.3, 0.4) is 0 Å². The third kappa shape index (κ3) is 4.21. The average molecular weight is 305 g/mol. The number of hydrogen-bond donors (Lipinski definition) is 1. The van der Waals surface area contributed by atoms with Crippen molar-refractivity contribution in [3.8, 4) is 0 Å².